The van der Waals surface area contributed by atoms with Crippen LogP contribution in [0.15, 0.2) is 162 Å². The molecular formula is C44H26N4OS. The average molecular weight is 659 g/mol. The molecule has 0 aliphatic rings. The van der Waals surface area contributed by atoms with Crippen molar-refractivity contribution in [1.29, 1.82) is 0 Å². The Hall–Kier alpha value is -6.50. The summed E-state index contributed by atoms with van der Waals surface area (Å²) in [5, 5.41) is 4.46. The van der Waals surface area contributed by atoms with Crippen LogP contribution in [0.25, 0.3) is 98.8 Å². The van der Waals surface area contributed by atoms with Gasteiger partial charge in [-0.05, 0) is 58.3 Å². The van der Waals surface area contributed by atoms with Gasteiger partial charge in [-0.2, -0.15) is 0 Å². The van der Waals surface area contributed by atoms with Crippen LogP contribution in [-0.2, 0) is 0 Å². The summed E-state index contributed by atoms with van der Waals surface area (Å²) >= 11 is 1.72. The molecule has 0 saturated carbocycles. The lowest BCUT2D eigenvalue weighted by Gasteiger charge is -2.09. The molecule has 10 rings (SSSR count). The third-order valence-electron chi connectivity index (χ3n) is 9.17. The van der Waals surface area contributed by atoms with Crippen molar-refractivity contribution in [2.75, 3.05) is 0 Å². The van der Waals surface area contributed by atoms with Crippen LogP contribution in [0.3, 0.4) is 0 Å². The Bertz CT molecular complexity index is 2860. The van der Waals surface area contributed by atoms with Crippen LogP contribution >= 0.6 is 11.3 Å². The summed E-state index contributed by atoms with van der Waals surface area (Å²) in [5.74, 6) is 2.51. The van der Waals surface area contributed by atoms with E-state index in [0.29, 0.717) is 23.4 Å². The first-order valence-electron chi connectivity index (χ1n) is 16.5. The lowest BCUT2D eigenvalue weighted by atomic mass is 10.0. The Labute approximate surface area is 291 Å². The van der Waals surface area contributed by atoms with Crippen LogP contribution in [0.4, 0.5) is 0 Å². The van der Waals surface area contributed by atoms with Gasteiger partial charge < -0.3 is 4.42 Å². The fraction of sp³-hybridized carbons (Fsp3) is 0. The quantitative estimate of drug-likeness (QED) is 0.184. The summed E-state index contributed by atoms with van der Waals surface area (Å²) in [7, 11) is 0. The van der Waals surface area contributed by atoms with Gasteiger partial charge in [0.1, 0.15) is 5.52 Å². The third kappa shape index (κ3) is 4.85. The second-order valence-corrected chi connectivity index (χ2v) is 13.3. The Morgan fingerprint density at radius 3 is 1.88 bits per heavy atom. The van der Waals surface area contributed by atoms with Crippen molar-refractivity contribution < 1.29 is 4.42 Å². The topological polar surface area (TPSA) is 64.7 Å². The van der Waals surface area contributed by atoms with Crippen molar-refractivity contribution in [3.63, 3.8) is 0 Å². The number of nitrogens with zero attached hydrogens (tertiary/aromatic N) is 4. The molecule has 234 valence electrons. The minimum Gasteiger partial charge on any atom is -0.435 e. The molecule has 50 heavy (non-hydrogen) atoms. The highest BCUT2D eigenvalue weighted by molar-refractivity contribution is 7.26. The summed E-state index contributed by atoms with van der Waals surface area (Å²) < 4.78 is 8.78. The maximum Gasteiger partial charge on any atom is 0.227 e. The van der Waals surface area contributed by atoms with E-state index in [0.717, 1.165) is 64.5 Å². The Morgan fingerprint density at radius 1 is 0.440 bits per heavy atom. The lowest BCUT2D eigenvalue weighted by Crippen LogP contribution is -2.00. The van der Waals surface area contributed by atoms with E-state index in [1.54, 1.807) is 11.3 Å². The van der Waals surface area contributed by atoms with Gasteiger partial charge in [-0.1, -0.05) is 121 Å². The number of aromatic nitrogens is 4. The van der Waals surface area contributed by atoms with Gasteiger partial charge in [0.2, 0.25) is 5.89 Å². The molecule has 0 N–H and O–H groups in total. The first-order valence-corrected chi connectivity index (χ1v) is 17.3. The fourth-order valence-electron chi connectivity index (χ4n) is 6.67. The van der Waals surface area contributed by atoms with E-state index < -0.39 is 0 Å². The van der Waals surface area contributed by atoms with Crippen molar-refractivity contribution in [3.8, 4) is 56.7 Å². The normalized spacial score (nSPS) is 11.6. The SMILES string of the molecule is c1ccc(-c2ccc(-c3nc4ccc5sc6c(-c7nc(-c8ccccc8)nc(-c8ccc9ccccc9c8)n7)cccc6c5c4o3)cc2)cc1. The maximum atomic E-state index is 6.57. The van der Waals surface area contributed by atoms with E-state index in [1.165, 1.54) is 10.9 Å². The monoisotopic (exact) mass is 658 g/mol. The number of hydrogen-bond acceptors (Lipinski definition) is 6. The first kappa shape index (κ1) is 28.5. The largest absolute Gasteiger partial charge is 0.435 e. The van der Waals surface area contributed by atoms with E-state index in [1.807, 2.05) is 42.5 Å². The van der Waals surface area contributed by atoms with E-state index >= 15 is 0 Å². The molecule has 0 amide bonds. The fourth-order valence-corrected chi connectivity index (χ4v) is 7.88. The zero-order valence-corrected chi connectivity index (χ0v) is 27.4. The molecule has 3 heterocycles. The van der Waals surface area contributed by atoms with E-state index in [4.69, 9.17) is 24.4 Å². The van der Waals surface area contributed by atoms with Gasteiger partial charge in [0.15, 0.2) is 23.1 Å². The zero-order valence-electron chi connectivity index (χ0n) is 26.6. The molecule has 0 fully saturated rings. The van der Waals surface area contributed by atoms with Crippen LogP contribution in [-0.4, -0.2) is 19.9 Å². The highest BCUT2D eigenvalue weighted by Crippen LogP contribution is 2.43. The van der Waals surface area contributed by atoms with Crippen molar-refractivity contribution in [1.82, 2.24) is 19.9 Å². The zero-order chi connectivity index (χ0) is 33.0. The summed E-state index contributed by atoms with van der Waals surface area (Å²) in [6.07, 6.45) is 0. The molecular weight excluding hydrogens is 633 g/mol. The van der Waals surface area contributed by atoms with Crippen molar-refractivity contribution in [3.05, 3.63) is 158 Å². The number of fused-ring (bicyclic) bond motifs is 6. The van der Waals surface area contributed by atoms with Gasteiger partial charge in [0.05, 0.1) is 0 Å². The lowest BCUT2D eigenvalue weighted by molar-refractivity contribution is 0.623. The highest BCUT2D eigenvalue weighted by Gasteiger charge is 2.20. The van der Waals surface area contributed by atoms with Crippen LogP contribution in [0.5, 0.6) is 0 Å². The van der Waals surface area contributed by atoms with E-state index in [2.05, 4.69) is 115 Å². The predicted octanol–water partition coefficient (Wildman–Crippen LogP) is 11.9. The second kappa shape index (κ2) is 11.6. The number of benzene rings is 7. The third-order valence-corrected chi connectivity index (χ3v) is 10.4. The van der Waals surface area contributed by atoms with Gasteiger partial charge in [-0.25, -0.2) is 19.9 Å². The molecule has 3 aromatic heterocycles. The minimum absolute atomic E-state index is 0.604. The number of oxazole rings is 1. The summed E-state index contributed by atoms with van der Waals surface area (Å²) in [5.41, 5.74) is 7.72. The molecule has 0 saturated heterocycles. The predicted molar refractivity (Wildman–Crippen MR) is 205 cm³/mol. The van der Waals surface area contributed by atoms with Gasteiger partial charge >= 0.3 is 0 Å². The molecule has 0 spiro atoms. The molecule has 7 aromatic carbocycles. The van der Waals surface area contributed by atoms with Crippen molar-refractivity contribution in [2.24, 2.45) is 0 Å². The van der Waals surface area contributed by atoms with Gasteiger partial charge in [0.25, 0.3) is 0 Å². The summed E-state index contributed by atoms with van der Waals surface area (Å²) in [4.78, 5) is 20.1. The van der Waals surface area contributed by atoms with Gasteiger partial charge in [0, 0.05) is 42.4 Å². The molecule has 6 heteroatoms. The Morgan fingerprint density at radius 2 is 1.08 bits per heavy atom. The van der Waals surface area contributed by atoms with E-state index in [9.17, 15) is 0 Å². The Balaban J connectivity index is 1.12. The number of rotatable bonds is 5. The molecule has 5 nitrogen and oxygen atoms in total. The number of hydrogen-bond donors (Lipinski definition) is 0. The standard InChI is InChI=1S/C44H26N4OS/c1-3-10-27(11-4-1)29-18-21-31(22-19-29)44-45-36-24-25-37-38(39(36)49-44)34-16-9-17-35(40(34)50-37)43-47-41(30-13-5-2-6-14-30)46-42(48-43)33-23-20-28-12-7-8-15-32(28)26-33/h1-26H. The molecule has 0 aliphatic heterocycles. The number of thiophene rings is 1. The molecule has 0 radical (unpaired) electrons. The molecule has 10 aromatic rings. The maximum absolute atomic E-state index is 6.57. The molecule has 0 aliphatic carbocycles. The minimum atomic E-state index is 0.604. The molecule has 0 unspecified atom stereocenters. The van der Waals surface area contributed by atoms with Gasteiger partial charge in [-0.15, -0.1) is 11.3 Å². The van der Waals surface area contributed by atoms with Gasteiger partial charge in [-0.3, -0.25) is 0 Å². The van der Waals surface area contributed by atoms with Crippen molar-refractivity contribution in [2.45, 2.75) is 0 Å². The average Bonchev–Trinajstić information content (AvgIpc) is 3.80. The first-order chi connectivity index (χ1) is 24.7. The van der Waals surface area contributed by atoms with E-state index in [-0.39, 0.29) is 0 Å². The highest BCUT2D eigenvalue weighted by atomic mass is 32.1. The second-order valence-electron chi connectivity index (χ2n) is 12.3. The van der Waals surface area contributed by atoms with Crippen LogP contribution in [0.2, 0.25) is 0 Å². The molecule has 0 bridgehead atoms. The van der Waals surface area contributed by atoms with Crippen LogP contribution in [0.1, 0.15) is 0 Å². The summed E-state index contributed by atoms with van der Waals surface area (Å²) in [6.45, 7) is 0. The smallest absolute Gasteiger partial charge is 0.227 e. The van der Waals surface area contributed by atoms with Crippen LogP contribution in [0, 0.1) is 0 Å². The Kier molecular flexibility index (Phi) is 6.60. The molecule has 0 atom stereocenters. The van der Waals surface area contributed by atoms with Crippen molar-refractivity contribution >= 4 is 53.4 Å². The summed E-state index contributed by atoms with van der Waals surface area (Å²) in [6, 6.07) is 54.1. The van der Waals surface area contributed by atoms with Crippen LogP contribution < -0.4 is 0 Å².